The molecule has 1 aromatic carbocycles. The molecule has 20 heavy (non-hydrogen) atoms. The molecule has 0 saturated carbocycles. The zero-order chi connectivity index (χ0) is 14.5. The highest BCUT2D eigenvalue weighted by atomic mass is 16.5. The van der Waals surface area contributed by atoms with Crippen LogP contribution in [0.1, 0.15) is 17.2 Å². The molecule has 1 N–H and O–H groups in total. The van der Waals surface area contributed by atoms with Crippen LogP contribution in [0, 0.1) is 0 Å². The molecule has 0 aliphatic heterocycles. The van der Waals surface area contributed by atoms with Crippen molar-refractivity contribution in [2.75, 3.05) is 21.3 Å². The summed E-state index contributed by atoms with van der Waals surface area (Å²) in [4.78, 5) is 4.09. The Kier molecular flexibility index (Phi) is 4.42. The number of pyridine rings is 1. The molecule has 0 radical (unpaired) electrons. The summed E-state index contributed by atoms with van der Waals surface area (Å²) in [5.74, 6) is 1.59. The summed E-state index contributed by atoms with van der Waals surface area (Å²) < 4.78 is 15.6. The monoisotopic (exact) mass is 275 g/mol. The van der Waals surface area contributed by atoms with Crippen LogP contribution in [0.5, 0.6) is 17.4 Å². The summed E-state index contributed by atoms with van der Waals surface area (Å²) in [5.41, 5.74) is 1.21. The number of rotatable bonds is 5. The van der Waals surface area contributed by atoms with Crippen molar-refractivity contribution in [1.29, 1.82) is 0 Å². The predicted octanol–water partition coefficient (Wildman–Crippen LogP) is 2.19. The fourth-order valence-electron chi connectivity index (χ4n) is 1.99. The molecule has 106 valence electrons. The zero-order valence-corrected chi connectivity index (χ0v) is 11.7. The second-order valence-electron chi connectivity index (χ2n) is 4.11. The van der Waals surface area contributed by atoms with Gasteiger partial charge < -0.3 is 19.3 Å². The van der Waals surface area contributed by atoms with Gasteiger partial charge in [0.05, 0.1) is 21.3 Å². The van der Waals surface area contributed by atoms with E-state index in [1.54, 1.807) is 50.7 Å². The molecule has 2 aromatic rings. The molecular weight excluding hydrogens is 258 g/mol. The van der Waals surface area contributed by atoms with E-state index in [1.807, 2.05) is 0 Å². The van der Waals surface area contributed by atoms with Gasteiger partial charge in [-0.2, -0.15) is 0 Å². The number of aliphatic hydroxyl groups excluding tert-OH is 1. The highest BCUT2D eigenvalue weighted by Crippen LogP contribution is 2.35. The van der Waals surface area contributed by atoms with Crippen molar-refractivity contribution in [2.45, 2.75) is 6.10 Å². The van der Waals surface area contributed by atoms with Gasteiger partial charge in [-0.1, -0.05) is 0 Å². The van der Waals surface area contributed by atoms with Crippen LogP contribution in [0.3, 0.4) is 0 Å². The first kappa shape index (κ1) is 14.1. The minimum Gasteiger partial charge on any atom is -0.497 e. The van der Waals surface area contributed by atoms with Crippen LogP contribution < -0.4 is 14.2 Å². The van der Waals surface area contributed by atoms with Gasteiger partial charge >= 0.3 is 0 Å². The molecule has 5 heteroatoms. The van der Waals surface area contributed by atoms with Crippen LogP contribution in [0.2, 0.25) is 0 Å². The summed E-state index contributed by atoms with van der Waals surface area (Å²) in [5, 5.41) is 10.5. The standard InChI is InChI=1S/C15H17NO4/c1-18-10-6-7-11(13(9-10)19-2)14(17)12-5-4-8-16-15(12)20-3/h4-9,14,17H,1-3H3. The maximum absolute atomic E-state index is 10.5. The van der Waals surface area contributed by atoms with E-state index in [9.17, 15) is 5.11 Å². The molecule has 5 nitrogen and oxygen atoms in total. The van der Waals surface area contributed by atoms with Gasteiger partial charge in [0.2, 0.25) is 5.88 Å². The van der Waals surface area contributed by atoms with Gasteiger partial charge in [-0.15, -0.1) is 0 Å². The van der Waals surface area contributed by atoms with Crippen molar-refractivity contribution < 1.29 is 19.3 Å². The van der Waals surface area contributed by atoms with Crippen LogP contribution in [-0.4, -0.2) is 31.4 Å². The Bertz CT molecular complexity index is 586. The van der Waals surface area contributed by atoms with E-state index in [4.69, 9.17) is 14.2 Å². The molecule has 0 amide bonds. The van der Waals surface area contributed by atoms with E-state index in [0.29, 0.717) is 28.5 Å². The molecule has 0 fully saturated rings. The third kappa shape index (κ3) is 2.67. The van der Waals surface area contributed by atoms with E-state index >= 15 is 0 Å². The molecule has 0 aliphatic carbocycles. The largest absolute Gasteiger partial charge is 0.497 e. The van der Waals surface area contributed by atoms with Crippen molar-refractivity contribution in [3.05, 3.63) is 47.7 Å². The number of ether oxygens (including phenoxy) is 3. The van der Waals surface area contributed by atoms with Crippen LogP contribution in [0.4, 0.5) is 0 Å². The number of nitrogens with zero attached hydrogens (tertiary/aromatic N) is 1. The first-order chi connectivity index (χ1) is 9.71. The van der Waals surface area contributed by atoms with Crippen molar-refractivity contribution in [3.8, 4) is 17.4 Å². The van der Waals surface area contributed by atoms with Gasteiger partial charge in [-0.3, -0.25) is 0 Å². The fourth-order valence-corrected chi connectivity index (χ4v) is 1.99. The van der Waals surface area contributed by atoms with Gasteiger partial charge in [-0.25, -0.2) is 4.98 Å². The van der Waals surface area contributed by atoms with Gasteiger partial charge in [0, 0.05) is 23.4 Å². The van der Waals surface area contributed by atoms with E-state index < -0.39 is 6.10 Å². The van der Waals surface area contributed by atoms with Gasteiger partial charge in [-0.05, 0) is 24.3 Å². The molecule has 1 heterocycles. The lowest BCUT2D eigenvalue weighted by molar-refractivity contribution is 0.208. The van der Waals surface area contributed by atoms with Crippen molar-refractivity contribution in [2.24, 2.45) is 0 Å². The number of hydrogen-bond acceptors (Lipinski definition) is 5. The van der Waals surface area contributed by atoms with E-state index in [-0.39, 0.29) is 0 Å². The Balaban J connectivity index is 2.45. The highest BCUT2D eigenvalue weighted by Gasteiger charge is 2.20. The topological polar surface area (TPSA) is 60.8 Å². The number of aromatic nitrogens is 1. The van der Waals surface area contributed by atoms with Crippen molar-refractivity contribution in [1.82, 2.24) is 4.98 Å². The molecular formula is C15H17NO4. The Labute approximate surface area is 117 Å². The summed E-state index contributed by atoms with van der Waals surface area (Å²) in [6.45, 7) is 0. The first-order valence-corrected chi connectivity index (χ1v) is 6.10. The van der Waals surface area contributed by atoms with Crippen LogP contribution >= 0.6 is 0 Å². The lowest BCUT2D eigenvalue weighted by Gasteiger charge is -2.17. The third-order valence-corrected chi connectivity index (χ3v) is 3.02. The third-order valence-electron chi connectivity index (χ3n) is 3.02. The molecule has 1 atom stereocenters. The predicted molar refractivity (Wildman–Crippen MR) is 74.4 cm³/mol. The quantitative estimate of drug-likeness (QED) is 0.906. The number of aliphatic hydroxyl groups is 1. The first-order valence-electron chi connectivity index (χ1n) is 6.10. The molecule has 1 aromatic heterocycles. The summed E-state index contributed by atoms with van der Waals surface area (Å²) in [6.07, 6.45) is 0.722. The molecule has 0 bridgehead atoms. The summed E-state index contributed by atoms with van der Waals surface area (Å²) in [7, 11) is 4.64. The molecule has 0 spiro atoms. The number of benzene rings is 1. The van der Waals surface area contributed by atoms with E-state index in [0.717, 1.165) is 0 Å². The SMILES string of the molecule is COc1ccc(C(O)c2cccnc2OC)c(OC)c1. The number of hydrogen-bond donors (Lipinski definition) is 1. The minimum absolute atomic E-state index is 0.387. The van der Waals surface area contributed by atoms with Gasteiger partial charge in [0.15, 0.2) is 0 Å². The summed E-state index contributed by atoms with van der Waals surface area (Å²) >= 11 is 0. The van der Waals surface area contributed by atoms with Crippen LogP contribution in [0.15, 0.2) is 36.5 Å². The molecule has 1 unspecified atom stereocenters. The Morgan fingerprint density at radius 2 is 1.80 bits per heavy atom. The normalized spacial score (nSPS) is 11.8. The smallest absolute Gasteiger partial charge is 0.219 e. The highest BCUT2D eigenvalue weighted by molar-refractivity contribution is 5.46. The van der Waals surface area contributed by atoms with Crippen LogP contribution in [0.25, 0.3) is 0 Å². The van der Waals surface area contributed by atoms with E-state index in [2.05, 4.69) is 4.98 Å². The lowest BCUT2D eigenvalue weighted by Crippen LogP contribution is -2.05. The lowest BCUT2D eigenvalue weighted by atomic mass is 10.0. The maximum atomic E-state index is 10.5. The number of methoxy groups -OCH3 is 3. The Morgan fingerprint density at radius 1 is 1.00 bits per heavy atom. The molecule has 0 aliphatic rings. The van der Waals surface area contributed by atoms with Crippen LogP contribution in [-0.2, 0) is 0 Å². The Hall–Kier alpha value is -2.27. The Morgan fingerprint density at radius 3 is 2.45 bits per heavy atom. The maximum Gasteiger partial charge on any atom is 0.219 e. The fraction of sp³-hybridized carbons (Fsp3) is 0.267. The summed E-state index contributed by atoms with van der Waals surface area (Å²) in [6, 6.07) is 8.76. The molecule has 2 rings (SSSR count). The average molecular weight is 275 g/mol. The average Bonchev–Trinajstić information content (AvgIpc) is 2.53. The molecule has 0 saturated heterocycles. The van der Waals surface area contributed by atoms with Crippen molar-refractivity contribution >= 4 is 0 Å². The van der Waals surface area contributed by atoms with E-state index in [1.165, 1.54) is 7.11 Å². The van der Waals surface area contributed by atoms with Gasteiger partial charge in [0.25, 0.3) is 0 Å². The second-order valence-corrected chi connectivity index (χ2v) is 4.11. The van der Waals surface area contributed by atoms with Gasteiger partial charge in [0.1, 0.15) is 17.6 Å². The second kappa shape index (κ2) is 6.25. The zero-order valence-electron chi connectivity index (χ0n) is 11.7. The van der Waals surface area contributed by atoms with Crippen molar-refractivity contribution in [3.63, 3.8) is 0 Å². The minimum atomic E-state index is -0.889.